The van der Waals surface area contributed by atoms with Gasteiger partial charge >= 0.3 is 0 Å². The van der Waals surface area contributed by atoms with E-state index in [9.17, 15) is 4.39 Å². The van der Waals surface area contributed by atoms with E-state index >= 15 is 0 Å². The van der Waals surface area contributed by atoms with E-state index in [1.165, 1.54) is 0 Å². The van der Waals surface area contributed by atoms with Gasteiger partial charge in [-0.2, -0.15) is 0 Å². The molecule has 1 aromatic heterocycles. The lowest BCUT2D eigenvalue weighted by Gasteiger charge is -2.32. The number of benzene rings is 1. The van der Waals surface area contributed by atoms with Crippen molar-refractivity contribution in [3.63, 3.8) is 0 Å². The van der Waals surface area contributed by atoms with E-state index in [0.717, 1.165) is 36.3 Å². The van der Waals surface area contributed by atoms with E-state index in [1.54, 1.807) is 6.07 Å². The Morgan fingerprint density at radius 1 is 1.43 bits per heavy atom. The molecule has 1 aliphatic rings. The average molecular weight is 287 g/mol. The van der Waals surface area contributed by atoms with Gasteiger partial charge in [0, 0.05) is 25.0 Å². The minimum Gasteiger partial charge on any atom is -0.334 e. The Morgan fingerprint density at radius 2 is 2.29 bits per heavy atom. The van der Waals surface area contributed by atoms with Crippen molar-refractivity contribution in [3.05, 3.63) is 53.4 Å². The van der Waals surface area contributed by atoms with Gasteiger partial charge in [-0.1, -0.05) is 19.1 Å². The Kier molecular flexibility index (Phi) is 4.06. The number of nitrogens with zero attached hydrogens (tertiary/aromatic N) is 2. The fourth-order valence-corrected chi connectivity index (χ4v) is 3.28. The predicted octanol–water partition coefficient (Wildman–Crippen LogP) is 3.46. The largest absolute Gasteiger partial charge is 0.334 e. The van der Waals surface area contributed by atoms with Crippen molar-refractivity contribution in [2.75, 3.05) is 0 Å². The lowest BCUT2D eigenvalue weighted by atomic mass is 9.80. The molecule has 112 valence electrons. The minimum absolute atomic E-state index is 0.0683. The maximum absolute atomic E-state index is 14.0. The number of nitrogens with one attached hydrogen (secondary N) is 1. The first-order valence-corrected chi connectivity index (χ1v) is 7.71. The molecule has 0 aliphatic heterocycles. The van der Waals surface area contributed by atoms with Gasteiger partial charge in [0.25, 0.3) is 0 Å². The summed E-state index contributed by atoms with van der Waals surface area (Å²) in [7, 11) is 0. The zero-order valence-corrected chi connectivity index (χ0v) is 12.6. The van der Waals surface area contributed by atoms with E-state index in [1.807, 2.05) is 18.5 Å². The SMILES string of the molecule is CCn1ccnc1CN[C@H]1c2cccc(F)c2CC[C@H]1C. The van der Waals surface area contributed by atoms with Gasteiger partial charge in [0.15, 0.2) is 0 Å². The third-order valence-electron chi connectivity index (χ3n) is 4.53. The summed E-state index contributed by atoms with van der Waals surface area (Å²) in [6, 6.07) is 5.63. The summed E-state index contributed by atoms with van der Waals surface area (Å²) in [6.45, 7) is 5.98. The third kappa shape index (κ3) is 2.72. The number of hydrogen-bond acceptors (Lipinski definition) is 2. The van der Waals surface area contributed by atoms with E-state index in [4.69, 9.17) is 0 Å². The quantitative estimate of drug-likeness (QED) is 0.933. The standard InChI is InChI=1S/C17H22FN3/c1-3-21-10-9-19-16(21)11-20-17-12(2)7-8-13-14(17)5-4-6-15(13)18/h4-6,9-10,12,17,20H,3,7-8,11H2,1-2H3/t12-,17-/m1/s1. The van der Waals surface area contributed by atoms with Crippen molar-refractivity contribution in [2.45, 2.75) is 45.8 Å². The molecule has 1 heterocycles. The highest BCUT2D eigenvalue weighted by Gasteiger charge is 2.28. The van der Waals surface area contributed by atoms with Gasteiger partial charge in [0.1, 0.15) is 11.6 Å². The highest BCUT2D eigenvalue weighted by molar-refractivity contribution is 5.34. The molecule has 0 saturated carbocycles. The molecule has 1 aromatic carbocycles. The Balaban J connectivity index is 1.81. The second-order valence-electron chi connectivity index (χ2n) is 5.81. The van der Waals surface area contributed by atoms with Gasteiger partial charge in [-0.3, -0.25) is 0 Å². The number of fused-ring (bicyclic) bond motifs is 1. The van der Waals surface area contributed by atoms with Gasteiger partial charge < -0.3 is 9.88 Å². The monoisotopic (exact) mass is 287 g/mol. The molecule has 1 N–H and O–H groups in total. The highest BCUT2D eigenvalue weighted by atomic mass is 19.1. The predicted molar refractivity (Wildman–Crippen MR) is 81.4 cm³/mol. The van der Waals surface area contributed by atoms with Gasteiger partial charge in [-0.05, 0) is 42.9 Å². The molecule has 4 heteroatoms. The summed E-state index contributed by atoms with van der Waals surface area (Å²) in [5.41, 5.74) is 2.00. The van der Waals surface area contributed by atoms with Crippen LogP contribution >= 0.6 is 0 Å². The summed E-state index contributed by atoms with van der Waals surface area (Å²) in [6.07, 6.45) is 5.69. The first kappa shape index (κ1) is 14.3. The van der Waals surface area contributed by atoms with Crippen LogP contribution < -0.4 is 5.32 Å². The topological polar surface area (TPSA) is 29.9 Å². The average Bonchev–Trinajstić information content (AvgIpc) is 2.94. The molecule has 0 unspecified atom stereocenters. The maximum Gasteiger partial charge on any atom is 0.126 e. The maximum atomic E-state index is 14.0. The molecule has 0 spiro atoms. The van der Waals surface area contributed by atoms with Crippen molar-refractivity contribution in [1.82, 2.24) is 14.9 Å². The summed E-state index contributed by atoms with van der Waals surface area (Å²) in [5, 5.41) is 3.58. The first-order valence-electron chi connectivity index (χ1n) is 7.71. The van der Waals surface area contributed by atoms with E-state index < -0.39 is 0 Å². The molecular weight excluding hydrogens is 265 g/mol. The Morgan fingerprint density at radius 3 is 3.10 bits per heavy atom. The molecule has 0 amide bonds. The van der Waals surface area contributed by atoms with Gasteiger partial charge in [0.05, 0.1) is 6.54 Å². The number of hydrogen-bond donors (Lipinski definition) is 1. The molecule has 0 saturated heterocycles. The van der Waals surface area contributed by atoms with E-state index in [2.05, 4.69) is 34.8 Å². The van der Waals surface area contributed by atoms with Crippen LogP contribution in [0.5, 0.6) is 0 Å². The van der Waals surface area contributed by atoms with Crippen LogP contribution in [0.2, 0.25) is 0 Å². The van der Waals surface area contributed by atoms with Crippen molar-refractivity contribution in [2.24, 2.45) is 5.92 Å². The number of aromatic nitrogens is 2. The van der Waals surface area contributed by atoms with Crippen LogP contribution in [0.25, 0.3) is 0 Å². The minimum atomic E-state index is -0.0683. The molecule has 2 aromatic rings. The smallest absolute Gasteiger partial charge is 0.126 e. The van der Waals surface area contributed by atoms with Crippen LogP contribution in [-0.4, -0.2) is 9.55 Å². The Hall–Kier alpha value is -1.68. The second kappa shape index (κ2) is 5.98. The number of aryl methyl sites for hydroxylation is 1. The molecule has 0 radical (unpaired) electrons. The lowest BCUT2D eigenvalue weighted by molar-refractivity contribution is 0.334. The molecule has 3 rings (SSSR count). The third-order valence-corrected chi connectivity index (χ3v) is 4.53. The number of imidazole rings is 1. The van der Waals surface area contributed by atoms with Crippen LogP contribution in [-0.2, 0) is 19.5 Å². The molecule has 21 heavy (non-hydrogen) atoms. The zero-order chi connectivity index (χ0) is 14.8. The second-order valence-corrected chi connectivity index (χ2v) is 5.81. The fraction of sp³-hybridized carbons (Fsp3) is 0.471. The normalized spacial score (nSPS) is 21.3. The van der Waals surface area contributed by atoms with Crippen LogP contribution in [0, 0.1) is 11.7 Å². The van der Waals surface area contributed by atoms with Crippen molar-refractivity contribution in [1.29, 1.82) is 0 Å². The molecule has 3 nitrogen and oxygen atoms in total. The van der Waals surface area contributed by atoms with Crippen LogP contribution in [0.3, 0.4) is 0 Å². The van der Waals surface area contributed by atoms with Crippen LogP contribution in [0.15, 0.2) is 30.6 Å². The molecule has 1 aliphatic carbocycles. The fourth-order valence-electron chi connectivity index (χ4n) is 3.28. The molecular formula is C17H22FN3. The molecule has 0 bridgehead atoms. The highest BCUT2D eigenvalue weighted by Crippen LogP contribution is 2.35. The number of rotatable bonds is 4. The molecule has 0 fully saturated rings. The Labute approximate surface area is 125 Å². The summed E-state index contributed by atoms with van der Waals surface area (Å²) in [4.78, 5) is 4.40. The van der Waals surface area contributed by atoms with E-state index in [-0.39, 0.29) is 11.9 Å². The Bertz CT molecular complexity index is 620. The summed E-state index contributed by atoms with van der Waals surface area (Å²) in [5.74, 6) is 1.47. The first-order chi connectivity index (χ1) is 10.2. The van der Waals surface area contributed by atoms with Crippen molar-refractivity contribution in [3.8, 4) is 0 Å². The van der Waals surface area contributed by atoms with Gasteiger partial charge in [-0.25, -0.2) is 9.37 Å². The summed E-state index contributed by atoms with van der Waals surface area (Å²) >= 11 is 0. The van der Waals surface area contributed by atoms with Crippen molar-refractivity contribution >= 4 is 0 Å². The van der Waals surface area contributed by atoms with Gasteiger partial charge in [-0.15, -0.1) is 0 Å². The van der Waals surface area contributed by atoms with Crippen molar-refractivity contribution < 1.29 is 4.39 Å². The van der Waals surface area contributed by atoms with Crippen LogP contribution in [0.1, 0.15) is 43.3 Å². The summed E-state index contributed by atoms with van der Waals surface area (Å²) < 4.78 is 16.1. The lowest BCUT2D eigenvalue weighted by Crippen LogP contribution is -2.32. The van der Waals surface area contributed by atoms with E-state index in [0.29, 0.717) is 12.5 Å². The zero-order valence-electron chi connectivity index (χ0n) is 12.6. The number of halogens is 1. The molecule has 2 atom stereocenters. The van der Waals surface area contributed by atoms with Crippen LogP contribution in [0.4, 0.5) is 4.39 Å². The van der Waals surface area contributed by atoms with Gasteiger partial charge in [0.2, 0.25) is 0 Å².